The number of aromatic hydroxyl groups is 1. The molecule has 20 heavy (non-hydrogen) atoms. The normalized spacial score (nSPS) is 15.5. The van der Waals surface area contributed by atoms with Crippen LogP contribution in [-0.4, -0.2) is 25.1 Å². The predicted molar refractivity (Wildman–Crippen MR) is 73.0 cm³/mol. The largest absolute Gasteiger partial charge is 0.508 e. The molecule has 0 aliphatic carbocycles. The number of hydrogen-bond donors (Lipinski definition) is 1. The number of ether oxygens (including phenoxy) is 1. The molecule has 1 aromatic carbocycles. The Bertz CT molecular complexity index is 782. The van der Waals surface area contributed by atoms with Crippen molar-refractivity contribution < 1.29 is 18.3 Å². The lowest BCUT2D eigenvalue weighted by atomic mass is 10.2. The van der Waals surface area contributed by atoms with Crippen LogP contribution in [0.1, 0.15) is 5.56 Å². The van der Waals surface area contributed by atoms with Gasteiger partial charge in [-0.25, -0.2) is 8.42 Å². The summed E-state index contributed by atoms with van der Waals surface area (Å²) < 4.78 is 30.0. The molecule has 102 valence electrons. The van der Waals surface area contributed by atoms with E-state index in [4.69, 9.17) is 4.74 Å². The Balaban J connectivity index is 1.87. The second-order valence-corrected chi connectivity index (χ2v) is 6.28. The third-order valence-electron chi connectivity index (χ3n) is 2.96. The van der Waals surface area contributed by atoms with Crippen molar-refractivity contribution in [3.05, 3.63) is 53.2 Å². The highest BCUT2D eigenvalue weighted by Crippen LogP contribution is 2.34. The summed E-state index contributed by atoms with van der Waals surface area (Å²) in [5.74, 6) is 0.534. The van der Waals surface area contributed by atoms with E-state index >= 15 is 0 Å². The van der Waals surface area contributed by atoms with Crippen molar-refractivity contribution in [2.45, 2.75) is 4.90 Å². The molecule has 2 aromatic rings. The van der Waals surface area contributed by atoms with Crippen LogP contribution in [0.5, 0.6) is 11.5 Å². The maximum Gasteiger partial charge on any atom is 0.206 e. The Hall–Kier alpha value is -2.34. The van der Waals surface area contributed by atoms with Crippen molar-refractivity contribution in [1.29, 1.82) is 0 Å². The Labute approximate surface area is 116 Å². The minimum atomic E-state index is -3.53. The molecular weight excluding hydrogens is 278 g/mol. The number of fused-ring (bicyclic) bond motifs is 1. The van der Waals surface area contributed by atoms with E-state index in [2.05, 4.69) is 4.98 Å². The van der Waals surface area contributed by atoms with Crippen LogP contribution >= 0.6 is 0 Å². The number of pyridine rings is 1. The molecule has 0 saturated carbocycles. The summed E-state index contributed by atoms with van der Waals surface area (Å²) in [5, 5.41) is 9.40. The highest BCUT2D eigenvalue weighted by Gasteiger charge is 2.30. The molecule has 0 fully saturated rings. The van der Waals surface area contributed by atoms with E-state index in [1.165, 1.54) is 30.5 Å². The van der Waals surface area contributed by atoms with E-state index in [-0.39, 0.29) is 22.2 Å². The van der Waals surface area contributed by atoms with Gasteiger partial charge in [-0.3, -0.25) is 4.98 Å². The molecule has 0 spiro atoms. The Morgan fingerprint density at radius 3 is 2.85 bits per heavy atom. The number of phenolic OH excluding ortho intramolecular Hbond substituents is 1. The van der Waals surface area contributed by atoms with Crippen molar-refractivity contribution in [1.82, 2.24) is 4.98 Å². The van der Waals surface area contributed by atoms with Gasteiger partial charge in [0.25, 0.3) is 0 Å². The van der Waals surface area contributed by atoms with Gasteiger partial charge in [0.15, 0.2) is 0 Å². The molecule has 0 bridgehead atoms. The van der Waals surface area contributed by atoms with Crippen LogP contribution < -0.4 is 4.74 Å². The van der Waals surface area contributed by atoms with E-state index in [1.807, 2.05) is 0 Å². The summed E-state index contributed by atoms with van der Waals surface area (Å²) in [6.45, 7) is -0.0660. The zero-order valence-electron chi connectivity index (χ0n) is 10.4. The fourth-order valence-electron chi connectivity index (χ4n) is 1.99. The number of nitrogens with zero attached hydrogens (tertiary/aromatic N) is 1. The molecule has 0 saturated heterocycles. The Morgan fingerprint density at radius 1 is 1.25 bits per heavy atom. The third kappa shape index (κ3) is 2.14. The van der Waals surface area contributed by atoms with Gasteiger partial charge in [-0.1, -0.05) is 0 Å². The topological polar surface area (TPSA) is 76.5 Å². The van der Waals surface area contributed by atoms with Crippen molar-refractivity contribution in [2.24, 2.45) is 0 Å². The summed E-state index contributed by atoms with van der Waals surface area (Å²) in [4.78, 5) is 4.25. The second-order valence-electron chi connectivity index (χ2n) is 4.31. The van der Waals surface area contributed by atoms with Gasteiger partial charge in [0.2, 0.25) is 9.84 Å². The van der Waals surface area contributed by atoms with Gasteiger partial charge in [0.1, 0.15) is 18.1 Å². The Morgan fingerprint density at radius 2 is 2.10 bits per heavy atom. The minimum Gasteiger partial charge on any atom is -0.508 e. The number of rotatable bonds is 3. The zero-order chi connectivity index (χ0) is 14.2. The molecule has 1 aliphatic heterocycles. The smallest absolute Gasteiger partial charge is 0.206 e. The number of phenols is 1. The first-order valence-corrected chi connectivity index (χ1v) is 7.37. The first-order chi connectivity index (χ1) is 9.57. The molecular formula is C14H11NO4S. The number of benzene rings is 1. The molecule has 0 atom stereocenters. The summed E-state index contributed by atoms with van der Waals surface area (Å²) >= 11 is 0. The lowest BCUT2D eigenvalue weighted by molar-refractivity contribution is 0.357. The van der Waals surface area contributed by atoms with E-state index in [1.54, 1.807) is 18.3 Å². The number of sulfone groups is 1. The summed E-state index contributed by atoms with van der Waals surface area (Å²) in [6.07, 6.45) is 4.64. The standard InChI is InChI=1S/C14H11NO4S/c16-11-3-4-14-10(6-11)7-13(20(14,17)18)9-19-12-2-1-5-15-8-12/h1-8,16H,9H2. The first-order valence-electron chi connectivity index (χ1n) is 5.89. The highest BCUT2D eigenvalue weighted by molar-refractivity contribution is 7.95. The van der Waals surface area contributed by atoms with Crippen molar-refractivity contribution >= 4 is 15.9 Å². The van der Waals surface area contributed by atoms with Crippen LogP contribution in [0.15, 0.2) is 52.5 Å². The molecule has 3 rings (SSSR count). The molecule has 1 aromatic heterocycles. The van der Waals surface area contributed by atoms with E-state index in [9.17, 15) is 13.5 Å². The highest BCUT2D eigenvalue weighted by atomic mass is 32.2. The quantitative estimate of drug-likeness (QED) is 0.935. The van der Waals surface area contributed by atoms with Crippen molar-refractivity contribution in [3.63, 3.8) is 0 Å². The SMILES string of the molecule is O=S1(=O)C(COc2cccnc2)=Cc2cc(O)ccc21. The summed E-state index contributed by atoms with van der Waals surface area (Å²) in [6, 6.07) is 7.58. The molecule has 0 amide bonds. The maximum atomic E-state index is 12.3. The molecule has 5 nitrogen and oxygen atoms in total. The molecule has 2 heterocycles. The number of hydrogen-bond acceptors (Lipinski definition) is 5. The van der Waals surface area contributed by atoms with Gasteiger partial charge in [-0.15, -0.1) is 0 Å². The zero-order valence-corrected chi connectivity index (χ0v) is 11.2. The van der Waals surface area contributed by atoms with Crippen LogP contribution in [-0.2, 0) is 9.84 Å². The van der Waals surface area contributed by atoms with Gasteiger partial charge >= 0.3 is 0 Å². The molecule has 0 unspecified atom stereocenters. The Kier molecular flexibility index (Phi) is 2.94. The van der Waals surface area contributed by atoms with Crippen LogP contribution in [0.2, 0.25) is 0 Å². The monoisotopic (exact) mass is 289 g/mol. The van der Waals surface area contributed by atoms with Crippen molar-refractivity contribution in [3.8, 4) is 11.5 Å². The average Bonchev–Trinajstić information content (AvgIpc) is 2.68. The summed E-state index contributed by atoms with van der Waals surface area (Å²) in [7, 11) is -3.53. The van der Waals surface area contributed by atoms with Gasteiger partial charge in [0.05, 0.1) is 16.0 Å². The van der Waals surface area contributed by atoms with Crippen LogP contribution in [0.25, 0.3) is 6.08 Å². The fourth-order valence-corrected chi connectivity index (χ4v) is 3.45. The predicted octanol–water partition coefficient (Wildman–Crippen LogP) is 1.99. The maximum absolute atomic E-state index is 12.3. The molecule has 1 aliphatic rings. The fraction of sp³-hybridized carbons (Fsp3) is 0.0714. The second kappa shape index (κ2) is 4.64. The van der Waals surface area contributed by atoms with Gasteiger partial charge in [-0.2, -0.15) is 0 Å². The lowest BCUT2D eigenvalue weighted by Gasteiger charge is -2.06. The molecule has 6 heteroatoms. The molecule has 0 radical (unpaired) electrons. The van der Waals surface area contributed by atoms with Gasteiger partial charge < -0.3 is 9.84 Å². The van der Waals surface area contributed by atoms with E-state index in [0.29, 0.717) is 11.3 Å². The average molecular weight is 289 g/mol. The van der Waals surface area contributed by atoms with Gasteiger partial charge in [0, 0.05) is 6.20 Å². The van der Waals surface area contributed by atoms with Gasteiger partial charge in [-0.05, 0) is 42.0 Å². The first kappa shape index (κ1) is 12.7. The van der Waals surface area contributed by atoms with Crippen LogP contribution in [0, 0.1) is 0 Å². The third-order valence-corrected chi connectivity index (χ3v) is 4.84. The van der Waals surface area contributed by atoms with E-state index in [0.717, 1.165) is 0 Å². The van der Waals surface area contributed by atoms with E-state index < -0.39 is 9.84 Å². The van der Waals surface area contributed by atoms with Crippen LogP contribution in [0.3, 0.4) is 0 Å². The minimum absolute atomic E-state index is 0.0321. The van der Waals surface area contributed by atoms with Crippen molar-refractivity contribution in [2.75, 3.05) is 6.61 Å². The number of aromatic nitrogens is 1. The summed E-state index contributed by atoms with van der Waals surface area (Å²) in [5.41, 5.74) is 0.481. The van der Waals surface area contributed by atoms with Crippen LogP contribution in [0.4, 0.5) is 0 Å². The lowest BCUT2D eigenvalue weighted by Crippen LogP contribution is -2.09. The molecule has 1 N–H and O–H groups in total.